The van der Waals surface area contributed by atoms with E-state index in [1.807, 2.05) is 12.1 Å². The van der Waals surface area contributed by atoms with Crippen LogP contribution >= 0.6 is 0 Å². The van der Waals surface area contributed by atoms with Gasteiger partial charge < -0.3 is 5.32 Å². The molecule has 0 radical (unpaired) electrons. The summed E-state index contributed by atoms with van der Waals surface area (Å²) in [6, 6.07) is 12.4. The Morgan fingerprint density at radius 3 is 2.23 bits per heavy atom. The molecule has 1 aliphatic carbocycles. The van der Waals surface area contributed by atoms with Gasteiger partial charge in [-0.1, -0.05) is 76.4 Å². The largest absolute Gasteiger partial charge is 0.349 e. The minimum Gasteiger partial charge on any atom is -0.349 e. The summed E-state index contributed by atoms with van der Waals surface area (Å²) in [6.45, 7) is 6.90. The highest BCUT2D eigenvalue weighted by atomic mass is 28.3. The van der Waals surface area contributed by atoms with Gasteiger partial charge in [-0.15, -0.1) is 0 Å². The van der Waals surface area contributed by atoms with Crippen molar-refractivity contribution in [2.75, 3.05) is 0 Å². The van der Waals surface area contributed by atoms with Crippen molar-refractivity contribution in [2.24, 2.45) is 0 Å². The van der Waals surface area contributed by atoms with Crippen molar-refractivity contribution < 1.29 is 4.79 Å². The minimum atomic E-state index is -1.53. The number of carbonyl (C=O) groups is 1. The van der Waals surface area contributed by atoms with Crippen LogP contribution in [0.4, 0.5) is 0 Å². The van der Waals surface area contributed by atoms with Crippen LogP contribution < -0.4 is 10.5 Å². The fourth-order valence-electron chi connectivity index (χ4n) is 3.97. The zero-order chi connectivity index (χ0) is 16.0. The van der Waals surface area contributed by atoms with E-state index in [1.165, 1.54) is 42.6 Å². The average molecular weight is 318 g/mol. The number of benzene rings is 1. The van der Waals surface area contributed by atoms with Crippen LogP contribution in [0, 0.1) is 0 Å². The highest BCUT2D eigenvalue weighted by Crippen LogP contribution is 2.22. The first-order valence-electron chi connectivity index (χ1n) is 9.07. The molecule has 0 aliphatic heterocycles. The second-order valence-electron chi connectivity index (χ2n) is 6.69. The molecule has 122 valence electrons. The van der Waals surface area contributed by atoms with E-state index in [9.17, 15) is 4.79 Å². The molecule has 0 saturated heterocycles. The highest BCUT2D eigenvalue weighted by molar-refractivity contribution is 6.92. The predicted octanol–water partition coefficient (Wildman–Crippen LogP) is 4.46. The Morgan fingerprint density at radius 2 is 1.64 bits per heavy atom. The summed E-state index contributed by atoms with van der Waals surface area (Å²) in [6.07, 6.45) is 6.12. The number of rotatable bonds is 6. The number of nitrogens with one attached hydrogen (secondary N) is 1. The third-order valence-corrected chi connectivity index (χ3v) is 11.4. The molecule has 1 aliphatic rings. The van der Waals surface area contributed by atoms with E-state index >= 15 is 0 Å². The fourth-order valence-corrected chi connectivity index (χ4v) is 7.84. The van der Waals surface area contributed by atoms with E-state index in [1.54, 1.807) is 0 Å². The highest BCUT2D eigenvalue weighted by Gasteiger charge is 2.33. The maximum absolute atomic E-state index is 12.8. The first-order valence-corrected chi connectivity index (χ1v) is 11.7. The van der Waals surface area contributed by atoms with Gasteiger partial charge in [0.15, 0.2) is 0 Å². The Hall–Kier alpha value is -1.09. The van der Waals surface area contributed by atoms with Crippen LogP contribution in [0.5, 0.6) is 0 Å². The topological polar surface area (TPSA) is 29.1 Å². The molecule has 1 aromatic rings. The zero-order valence-electron chi connectivity index (χ0n) is 14.5. The standard InChI is InChI=1S/C19H31NOSi/c1-4-22(5-2,6-3)18-15-11-10-14-17(18)19(21)20-16-12-8-7-9-13-16/h10-11,14-16H,4-9,12-13H2,1-3H3,(H,20,21). The van der Waals surface area contributed by atoms with Gasteiger partial charge in [0.25, 0.3) is 5.91 Å². The van der Waals surface area contributed by atoms with Gasteiger partial charge in [-0.05, 0) is 24.1 Å². The maximum atomic E-state index is 12.8. The molecule has 1 N–H and O–H groups in total. The summed E-state index contributed by atoms with van der Waals surface area (Å²) >= 11 is 0. The van der Waals surface area contributed by atoms with E-state index in [0.717, 1.165) is 18.4 Å². The lowest BCUT2D eigenvalue weighted by Gasteiger charge is -2.31. The van der Waals surface area contributed by atoms with Crippen molar-refractivity contribution in [2.45, 2.75) is 77.0 Å². The van der Waals surface area contributed by atoms with E-state index in [0.29, 0.717) is 6.04 Å². The van der Waals surface area contributed by atoms with Gasteiger partial charge in [0.1, 0.15) is 0 Å². The monoisotopic (exact) mass is 317 g/mol. The second kappa shape index (κ2) is 7.96. The molecule has 1 fully saturated rings. The summed E-state index contributed by atoms with van der Waals surface area (Å²) in [5.74, 6) is 0.162. The smallest absolute Gasteiger partial charge is 0.251 e. The number of hydrogen-bond acceptors (Lipinski definition) is 1. The van der Waals surface area contributed by atoms with Gasteiger partial charge in [-0.3, -0.25) is 4.79 Å². The fraction of sp³-hybridized carbons (Fsp3) is 0.632. The van der Waals surface area contributed by atoms with Gasteiger partial charge in [-0.25, -0.2) is 0 Å². The van der Waals surface area contributed by atoms with Crippen LogP contribution in [0.2, 0.25) is 18.1 Å². The lowest BCUT2D eigenvalue weighted by Crippen LogP contribution is -2.50. The van der Waals surface area contributed by atoms with Crippen molar-refractivity contribution in [3.63, 3.8) is 0 Å². The van der Waals surface area contributed by atoms with E-state index in [-0.39, 0.29) is 5.91 Å². The van der Waals surface area contributed by atoms with E-state index in [4.69, 9.17) is 0 Å². The lowest BCUT2D eigenvalue weighted by atomic mass is 9.95. The van der Waals surface area contributed by atoms with Crippen molar-refractivity contribution in [1.29, 1.82) is 0 Å². The Labute approximate surface area is 136 Å². The van der Waals surface area contributed by atoms with E-state index < -0.39 is 8.07 Å². The number of amides is 1. The summed E-state index contributed by atoms with van der Waals surface area (Å²) < 4.78 is 0. The van der Waals surface area contributed by atoms with Crippen LogP contribution in [0.25, 0.3) is 0 Å². The van der Waals surface area contributed by atoms with Gasteiger partial charge >= 0.3 is 0 Å². The Balaban J connectivity index is 2.25. The Bertz CT molecular complexity index is 482. The van der Waals surface area contributed by atoms with Gasteiger partial charge in [0.2, 0.25) is 0 Å². The van der Waals surface area contributed by atoms with Gasteiger partial charge in [0, 0.05) is 11.6 Å². The van der Waals surface area contributed by atoms with Crippen LogP contribution in [0.15, 0.2) is 24.3 Å². The first kappa shape index (κ1) is 17.3. The molecular formula is C19H31NOSi. The molecule has 0 aromatic heterocycles. The summed E-state index contributed by atoms with van der Waals surface area (Å²) in [4.78, 5) is 12.8. The Kier molecular flexibility index (Phi) is 6.24. The molecule has 0 unspecified atom stereocenters. The van der Waals surface area contributed by atoms with Crippen molar-refractivity contribution in [1.82, 2.24) is 5.32 Å². The molecule has 22 heavy (non-hydrogen) atoms. The normalized spacial score (nSPS) is 16.5. The molecule has 0 heterocycles. The Morgan fingerprint density at radius 1 is 1.05 bits per heavy atom. The summed E-state index contributed by atoms with van der Waals surface area (Å²) in [5, 5.41) is 4.67. The van der Waals surface area contributed by atoms with Crippen LogP contribution in [0.3, 0.4) is 0 Å². The quantitative estimate of drug-likeness (QED) is 0.771. The summed E-state index contributed by atoms with van der Waals surface area (Å²) in [5.41, 5.74) is 0.949. The lowest BCUT2D eigenvalue weighted by molar-refractivity contribution is 0.0929. The molecule has 2 rings (SSSR count). The molecular weight excluding hydrogens is 286 g/mol. The first-order chi connectivity index (χ1) is 10.7. The molecule has 0 bridgehead atoms. The van der Waals surface area contributed by atoms with Crippen LogP contribution in [0.1, 0.15) is 63.2 Å². The molecule has 0 atom stereocenters. The van der Waals surface area contributed by atoms with Gasteiger partial charge in [0.05, 0.1) is 8.07 Å². The molecule has 1 amide bonds. The number of carbonyl (C=O) groups excluding carboxylic acids is 1. The van der Waals surface area contributed by atoms with E-state index in [2.05, 4.69) is 38.2 Å². The zero-order valence-corrected chi connectivity index (χ0v) is 15.5. The molecule has 0 spiro atoms. The molecule has 1 aromatic carbocycles. The maximum Gasteiger partial charge on any atom is 0.251 e. The average Bonchev–Trinajstić information content (AvgIpc) is 2.58. The third-order valence-electron chi connectivity index (χ3n) is 5.71. The van der Waals surface area contributed by atoms with Gasteiger partial charge in [-0.2, -0.15) is 0 Å². The number of hydrogen-bond donors (Lipinski definition) is 1. The molecule has 3 heteroatoms. The van der Waals surface area contributed by atoms with Crippen molar-refractivity contribution >= 4 is 19.2 Å². The molecule has 1 saturated carbocycles. The van der Waals surface area contributed by atoms with Crippen molar-refractivity contribution in [3.8, 4) is 0 Å². The second-order valence-corrected chi connectivity index (χ2v) is 11.9. The van der Waals surface area contributed by atoms with Crippen LogP contribution in [-0.2, 0) is 0 Å². The predicted molar refractivity (Wildman–Crippen MR) is 97.6 cm³/mol. The molecule has 2 nitrogen and oxygen atoms in total. The minimum absolute atomic E-state index is 0.162. The SMILES string of the molecule is CC[Si](CC)(CC)c1ccccc1C(=O)NC1CCCCC1. The van der Waals surface area contributed by atoms with Crippen molar-refractivity contribution in [3.05, 3.63) is 29.8 Å². The van der Waals surface area contributed by atoms with Crippen LogP contribution in [-0.4, -0.2) is 20.0 Å². The summed E-state index contributed by atoms with van der Waals surface area (Å²) in [7, 11) is -1.53. The third kappa shape index (κ3) is 3.62.